The Morgan fingerprint density at radius 1 is 1.39 bits per heavy atom. The maximum Gasteiger partial charge on any atom is 0.139 e. The first-order valence-corrected chi connectivity index (χ1v) is 9.00. The highest BCUT2D eigenvalue weighted by molar-refractivity contribution is 8.10. The van der Waals surface area contributed by atoms with Crippen LogP contribution in [0.3, 0.4) is 0 Å². The second-order valence-electron chi connectivity index (χ2n) is 5.64. The summed E-state index contributed by atoms with van der Waals surface area (Å²) in [5.41, 5.74) is 2.78. The standard InChI is InChI=1S/C18H17Cl2NOS/c1-10(12-4-5-12)9-23-11(2)15-8-14(19)13-6-7-16(22-3)17(20)18(13)21-15/h6-9,12H,2,4-5H2,1,3H3/b10-9+. The highest BCUT2D eigenvalue weighted by Gasteiger charge is 2.22. The van der Waals surface area contributed by atoms with E-state index < -0.39 is 0 Å². The zero-order chi connectivity index (χ0) is 16.6. The largest absolute Gasteiger partial charge is 0.495 e. The molecule has 0 unspecified atom stereocenters. The van der Waals surface area contributed by atoms with Gasteiger partial charge in [0.05, 0.1) is 23.3 Å². The Balaban J connectivity index is 1.95. The number of aromatic nitrogens is 1. The maximum absolute atomic E-state index is 6.39. The lowest BCUT2D eigenvalue weighted by molar-refractivity contribution is 0.415. The second-order valence-corrected chi connectivity index (χ2v) is 7.39. The van der Waals surface area contributed by atoms with Gasteiger partial charge in [0.25, 0.3) is 0 Å². The van der Waals surface area contributed by atoms with Crippen LogP contribution in [0.2, 0.25) is 10.0 Å². The predicted octanol–water partition coefficient (Wildman–Crippen LogP) is 6.57. The van der Waals surface area contributed by atoms with Crippen molar-refractivity contribution in [3.63, 3.8) is 0 Å². The number of halogens is 2. The van der Waals surface area contributed by atoms with E-state index >= 15 is 0 Å². The molecule has 0 N–H and O–H groups in total. The van der Waals surface area contributed by atoms with Gasteiger partial charge in [-0.2, -0.15) is 0 Å². The summed E-state index contributed by atoms with van der Waals surface area (Å²) in [4.78, 5) is 5.49. The average molecular weight is 366 g/mol. The lowest BCUT2D eigenvalue weighted by atomic mass is 10.2. The molecule has 0 spiro atoms. The third-order valence-electron chi connectivity index (χ3n) is 3.95. The van der Waals surface area contributed by atoms with E-state index in [-0.39, 0.29) is 0 Å². The summed E-state index contributed by atoms with van der Waals surface area (Å²) in [6, 6.07) is 5.50. The average Bonchev–Trinajstić information content (AvgIpc) is 3.38. The Morgan fingerprint density at radius 2 is 2.13 bits per heavy atom. The Kier molecular flexibility index (Phi) is 4.90. The highest BCUT2D eigenvalue weighted by Crippen LogP contribution is 2.40. The molecule has 23 heavy (non-hydrogen) atoms. The molecule has 0 radical (unpaired) electrons. The number of hydrogen-bond donors (Lipinski definition) is 0. The SMILES string of the molecule is C=C(S/C=C(\C)C1CC1)c1cc(Cl)c2ccc(OC)c(Cl)c2n1. The van der Waals surface area contributed by atoms with E-state index in [2.05, 4.69) is 23.9 Å². The molecule has 1 saturated carbocycles. The number of benzene rings is 1. The van der Waals surface area contributed by atoms with Crippen molar-refractivity contribution in [3.8, 4) is 5.75 Å². The number of methoxy groups -OCH3 is 1. The summed E-state index contributed by atoms with van der Waals surface area (Å²) < 4.78 is 5.25. The predicted molar refractivity (Wildman–Crippen MR) is 101 cm³/mol. The van der Waals surface area contributed by atoms with Gasteiger partial charge in [0, 0.05) is 10.3 Å². The first kappa shape index (κ1) is 16.7. The quantitative estimate of drug-likeness (QED) is 0.598. The molecule has 1 fully saturated rings. The molecule has 0 atom stereocenters. The van der Waals surface area contributed by atoms with Gasteiger partial charge in [-0.1, -0.05) is 47.1 Å². The minimum Gasteiger partial charge on any atom is -0.495 e. The number of allylic oxidation sites excluding steroid dienone is 1. The lowest BCUT2D eigenvalue weighted by Crippen LogP contribution is -1.92. The third-order valence-corrected chi connectivity index (χ3v) is 5.61. The van der Waals surface area contributed by atoms with E-state index in [0.29, 0.717) is 21.3 Å². The van der Waals surface area contributed by atoms with Gasteiger partial charge in [0.2, 0.25) is 0 Å². The molecule has 0 amide bonds. The van der Waals surface area contributed by atoms with E-state index in [4.69, 9.17) is 27.9 Å². The van der Waals surface area contributed by atoms with E-state index in [1.54, 1.807) is 24.9 Å². The maximum atomic E-state index is 6.39. The first-order valence-electron chi connectivity index (χ1n) is 7.36. The zero-order valence-electron chi connectivity index (χ0n) is 13.0. The van der Waals surface area contributed by atoms with Crippen LogP contribution in [0.25, 0.3) is 15.8 Å². The molecule has 2 nitrogen and oxygen atoms in total. The van der Waals surface area contributed by atoms with Gasteiger partial charge in [-0.3, -0.25) is 0 Å². The number of hydrogen-bond acceptors (Lipinski definition) is 3. The molecule has 5 heteroatoms. The van der Waals surface area contributed by atoms with Crippen molar-refractivity contribution in [2.75, 3.05) is 7.11 Å². The van der Waals surface area contributed by atoms with Crippen LogP contribution in [-0.2, 0) is 0 Å². The van der Waals surface area contributed by atoms with Gasteiger partial charge >= 0.3 is 0 Å². The molecule has 1 aromatic carbocycles. The van der Waals surface area contributed by atoms with E-state index in [1.807, 2.05) is 12.1 Å². The zero-order valence-corrected chi connectivity index (χ0v) is 15.4. The van der Waals surface area contributed by atoms with Gasteiger partial charge in [-0.15, -0.1) is 0 Å². The Hall–Kier alpha value is -1.16. The van der Waals surface area contributed by atoms with Crippen LogP contribution >= 0.6 is 35.0 Å². The highest BCUT2D eigenvalue weighted by atomic mass is 35.5. The van der Waals surface area contributed by atoms with Gasteiger partial charge in [-0.25, -0.2) is 4.98 Å². The Morgan fingerprint density at radius 3 is 2.78 bits per heavy atom. The Bertz CT molecular complexity index is 812. The summed E-state index contributed by atoms with van der Waals surface area (Å²) in [5, 5.41) is 4.05. The van der Waals surface area contributed by atoms with Crippen LogP contribution in [-0.4, -0.2) is 12.1 Å². The van der Waals surface area contributed by atoms with Crippen molar-refractivity contribution in [2.24, 2.45) is 5.92 Å². The van der Waals surface area contributed by atoms with E-state index in [9.17, 15) is 0 Å². The van der Waals surface area contributed by atoms with Crippen molar-refractivity contribution < 1.29 is 4.74 Å². The van der Waals surface area contributed by atoms with Crippen LogP contribution in [0.1, 0.15) is 25.5 Å². The van der Waals surface area contributed by atoms with Crippen LogP contribution in [0.15, 0.2) is 35.8 Å². The van der Waals surface area contributed by atoms with Crippen LogP contribution in [0, 0.1) is 5.92 Å². The molecule has 0 saturated heterocycles. The van der Waals surface area contributed by atoms with Crippen LogP contribution in [0.4, 0.5) is 0 Å². The summed E-state index contributed by atoms with van der Waals surface area (Å²) in [7, 11) is 1.58. The number of fused-ring (bicyclic) bond motifs is 1. The fourth-order valence-electron chi connectivity index (χ4n) is 2.36. The van der Waals surface area contributed by atoms with Crippen molar-refractivity contribution in [1.82, 2.24) is 4.98 Å². The monoisotopic (exact) mass is 365 g/mol. The van der Waals surface area contributed by atoms with Gasteiger partial charge < -0.3 is 4.74 Å². The minimum absolute atomic E-state index is 0.469. The normalized spacial score (nSPS) is 15.0. The van der Waals surface area contributed by atoms with Crippen LogP contribution < -0.4 is 4.74 Å². The van der Waals surface area contributed by atoms with Gasteiger partial charge in [-0.05, 0) is 49.3 Å². The Labute approximate surface area is 150 Å². The molecular weight excluding hydrogens is 349 g/mol. The summed E-state index contributed by atoms with van der Waals surface area (Å²) in [5.74, 6) is 1.34. The number of nitrogens with zero attached hydrogens (tertiary/aromatic N) is 1. The smallest absolute Gasteiger partial charge is 0.139 e. The molecule has 1 aliphatic rings. The summed E-state index contributed by atoms with van der Waals surface area (Å²) in [6.07, 6.45) is 2.59. The number of ether oxygens (including phenoxy) is 1. The number of pyridine rings is 1. The van der Waals surface area contributed by atoms with Crippen molar-refractivity contribution >= 4 is 50.8 Å². The first-order chi connectivity index (χ1) is 11.0. The van der Waals surface area contributed by atoms with Crippen LogP contribution in [0.5, 0.6) is 5.75 Å². The molecule has 2 aromatic rings. The molecule has 1 aliphatic carbocycles. The third kappa shape index (κ3) is 3.52. The van der Waals surface area contributed by atoms with Crippen molar-refractivity contribution in [2.45, 2.75) is 19.8 Å². The molecule has 1 aromatic heterocycles. The molecular formula is C18H17Cl2NOS. The van der Waals surface area contributed by atoms with E-state index in [0.717, 1.165) is 21.9 Å². The lowest BCUT2D eigenvalue weighted by Gasteiger charge is -2.10. The number of rotatable bonds is 5. The molecule has 0 aliphatic heterocycles. The molecule has 0 bridgehead atoms. The van der Waals surface area contributed by atoms with Gasteiger partial charge in [0.1, 0.15) is 10.8 Å². The second kappa shape index (κ2) is 6.76. The topological polar surface area (TPSA) is 22.1 Å². The fraction of sp³-hybridized carbons (Fsp3) is 0.278. The van der Waals surface area contributed by atoms with E-state index in [1.165, 1.54) is 18.4 Å². The molecule has 3 rings (SSSR count). The van der Waals surface area contributed by atoms with Crippen molar-refractivity contribution in [1.29, 1.82) is 0 Å². The molecule has 120 valence electrons. The molecule has 1 heterocycles. The summed E-state index contributed by atoms with van der Waals surface area (Å²) in [6.45, 7) is 6.29. The fourth-order valence-corrected chi connectivity index (χ4v) is 3.64. The van der Waals surface area contributed by atoms with Crippen molar-refractivity contribution in [3.05, 3.63) is 51.5 Å². The minimum atomic E-state index is 0.469. The summed E-state index contributed by atoms with van der Waals surface area (Å²) >= 11 is 14.4. The number of thioether (sulfide) groups is 1. The van der Waals surface area contributed by atoms with Gasteiger partial charge in [0.15, 0.2) is 0 Å².